The molecule has 0 unspecified atom stereocenters. The molecule has 2 heterocycles. The molecular formula is C22H19N3O4S. The van der Waals surface area contributed by atoms with Gasteiger partial charge in [0.15, 0.2) is 10.9 Å². The molecule has 2 aliphatic heterocycles. The van der Waals surface area contributed by atoms with Gasteiger partial charge in [-0.3, -0.25) is 14.5 Å². The Morgan fingerprint density at radius 2 is 1.77 bits per heavy atom. The number of carboxylic acid groups (broad SMARTS) is 1. The van der Waals surface area contributed by atoms with Crippen LogP contribution in [0.15, 0.2) is 78.3 Å². The Morgan fingerprint density at radius 1 is 1.07 bits per heavy atom. The molecule has 0 aromatic heterocycles. The smallest absolute Gasteiger partial charge is 0.323 e. The average molecular weight is 421 g/mol. The fraction of sp³-hybridized carbons (Fsp3) is 0.136. The van der Waals surface area contributed by atoms with E-state index < -0.39 is 12.5 Å². The van der Waals surface area contributed by atoms with Gasteiger partial charge in [0.25, 0.3) is 5.91 Å². The number of allylic oxidation sites excluding steroid dienone is 2. The molecule has 0 radical (unpaired) electrons. The molecule has 4 rings (SSSR count). The number of anilines is 2. The lowest BCUT2D eigenvalue weighted by Gasteiger charge is -2.18. The number of para-hydroxylation sites is 3. The van der Waals surface area contributed by atoms with E-state index in [1.54, 1.807) is 36.4 Å². The van der Waals surface area contributed by atoms with Crippen molar-refractivity contribution < 1.29 is 19.4 Å². The summed E-state index contributed by atoms with van der Waals surface area (Å²) in [6, 6.07) is 16.6. The SMILES string of the molecule is CCN1/C(=C/C=C2C(=O)N(c3ccccc3)C(=S)N2CC(=O)O)Oc2ccccc21. The van der Waals surface area contributed by atoms with E-state index in [2.05, 4.69) is 0 Å². The van der Waals surface area contributed by atoms with Crippen LogP contribution in [0, 0.1) is 0 Å². The summed E-state index contributed by atoms with van der Waals surface area (Å²) < 4.78 is 5.91. The number of nitrogens with zero attached hydrogens (tertiary/aromatic N) is 3. The van der Waals surface area contributed by atoms with Gasteiger partial charge in [-0.1, -0.05) is 30.3 Å². The summed E-state index contributed by atoms with van der Waals surface area (Å²) in [5.74, 6) is -0.190. The molecule has 1 saturated heterocycles. The van der Waals surface area contributed by atoms with Crippen LogP contribution in [0.4, 0.5) is 11.4 Å². The van der Waals surface area contributed by atoms with Crippen molar-refractivity contribution in [1.82, 2.24) is 4.90 Å². The standard InChI is InChI=1S/C22H19N3O4S/c1-2-23-16-10-6-7-11-18(16)29-19(23)13-12-17-21(28)25(15-8-4-3-5-9-15)22(30)24(17)14-20(26)27/h3-13H,2,14H2,1H3,(H,26,27)/b17-12?,19-13-. The Bertz CT molecular complexity index is 1080. The molecule has 1 N–H and O–H groups in total. The van der Waals surface area contributed by atoms with E-state index in [1.165, 1.54) is 9.80 Å². The Hall–Kier alpha value is -3.65. The largest absolute Gasteiger partial charge is 0.480 e. The van der Waals surface area contributed by atoms with Crippen molar-refractivity contribution >= 4 is 40.6 Å². The van der Waals surface area contributed by atoms with E-state index in [0.29, 0.717) is 18.1 Å². The molecule has 8 heteroatoms. The molecule has 2 aliphatic rings. The number of carboxylic acids is 1. The molecule has 1 fully saturated rings. The highest BCUT2D eigenvalue weighted by molar-refractivity contribution is 7.80. The zero-order valence-electron chi connectivity index (χ0n) is 16.2. The van der Waals surface area contributed by atoms with E-state index in [-0.39, 0.29) is 16.7 Å². The molecule has 2 aromatic rings. The van der Waals surface area contributed by atoms with Gasteiger partial charge in [-0.15, -0.1) is 0 Å². The molecule has 0 spiro atoms. The second-order valence-electron chi connectivity index (χ2n) is 6.61. The van der Waals surface area contributed by atoms with Crippen molar-refractivity contribution in [2.45, 2.75) is 6.92 Å². The van der Waals surface area contributed by atoms with Crippen LogP contribution in [0.3, 0.4) is 0 Å². The molecule has 152 valence electrons. The number of rotatable bonds is 5. The van der Waals surface area contributed by atoms with Gasteiger partial charge in [0.1, 0.15) is 12.2 Å². The monoisotopic (exact) mass is 421 g/mol. The Morgan fingerprint density at radius 3 is 2.47 bits per heavy atom. The summed E-state index contributed by atoms with van der Waals surface area (Å²) in [4.78, 5) is 29.2. The van der Waals surface area contributed by atoms with Crippen molar-refractivity contribution in [3.05, 3.63) is 78.3 Å². The van der Waals surface area contributed by atoms with Gasteiger partial charge in [-0.2, -0.15) is 0 Å². The van der Waals surface area contributed by atoms with E-state index in [9.17, 15) is 14.7 Å². The summed E-state index contributed by atoms with van der Waals surface area (Å²) in [6.45, 7) is 2.25. The summed E-state index contributed by atoms with van der Waals surface area (Å²) in [7, 11) is 0. The summed E-state index contributed by atoms with van der Waals surface area (Å²) in [6.07, 6.45) is 3.23. The molecule has 0 aliphatic carbocycles. The minimum Gasteiger partial charge on any atom is -0.480 e. The number of hydrogen-bond donors (Lipinski definition) is 1. The van der Waals surface area contributed by atoms with Gasteiger partial charge in [0.2, 0.25) is 5.88 Å². The van der Waals surface area contributed by atoms with E-state index >= 15 is 0 Å². The van der Waals surface area contributed by atoms with Crippen molar-refractivity contribution in [1.29, 1.82) is 0 Å². The van der Waals surface area contributed by atoms with Crippen molar-refractivity contribution in [2.75, 3.05) is 22.9 Å². The molecule has 2 aromatic carbocycles. The molecule has 0 atom stereocenters. The predicted molar refractivity (Wildman–Crippen MR) is 117 cm³/mol. The lowest BCUT2D eigenvalue weighted by atomic mass is 10.2. The van der Waals surface area contributed by atoms with Crippen LogP contribution >= 0.6 is 12.2 Å². The van der Waals surface area contributed by atoms with E-state index in [1.807, 2.05) is 42.2 Å². The highest BCUT2D eigenvalue weighted by Gasteiger charge is 2.39. The average Bonchev–Trinajstić information content (AvgIpc) is 3.21. The van der Waals surface area contributed by atoms with Gasteiger partial charge in [-0.25, -0.2) is 0 Å². The number of amides is 1. The summed E-state index contributed by atoms with van der Waals surface area (Å²) in [5, 5.41) is 9.45. The van der Waals surface area contributed by atoms with Crippen molar-refractivity contribution in [3.8, 4) is 5.75 Å². The summed E-state index contributed by atoms with van der Waals surface area (Å²) in [5.41, 5.74) is 1.69. The van der Waals surface area contributed by atoms with Gasteiger partial charge >= 0.3 is 5.97 Å². The maximum atomic E-state index is 13.1. The number of hydrogen-bond acceptors (Lipinski definition) is 5. The number of fused-ring (bicyclic) bond motifs is 1. The lowest BCUT2D eigenvalue weighted by Crippen LogP contribution is -2.35. The first-order valence-electron chi connectivity index (χ1n) is 9.40. The molecule has 1 amide bonds. The normalized spacial score (nSPS) is 18.4. The molecule has 0 bridgehead atoms. The zero-order chi connectivity index (χ0) is 21.3. The first kappa shape index (κ1) is 19.7. The Kier molecular flexibility index (Phi) is 5.24. The lowest BCUT2D eigenvalue weighted by molar-refractivity contribution is -0.137. The fourth-order valence-electron chi connectivity index (χ4n) is 3.45. The Balaban J connectivity index is 1.71. The molecule has 7 nitrogen and oxygen atoms in total. The van der Waals surface area contributed by atoms with Crippen LogP contribution in [0.25, 0.3) is 0 Å². The number of aliphatic carboxylic acids is 1. The third-order valence-corrected chi connectivity index (χ3v) is 5.18. The van der Waals surface area contributed by atoms with Gasteiger partial charge in [0, 0.05) is 12.6 Å². The van der Waals surface area contributed by atoms with E-state index in [4.69, 9.17) is 17.0 Å². The number of carbonyl (C=O) groups excluding carboxylic acids is 1. The van der Waals surface area contributed by atoms with Crippen LogP contribution in [-0.2, 0) is 9.59 Å². The maximum absolute atomic E-state index is 13.1. The maximum Gasteiger partial charge on any atom is 0.323 e. The van der Waals surface area contributed by atoms with Gasteiger partial charge in [-0.05, 0) is 49.5 Å². The number of carbonyl (C=O) groups is 2. The fourth-order valence-corrected chi connectivity index (χ4v) is 3.80. The topological polar surface area (TPSA) is 73.3 Å². The quantitative estimate of drug-likeness (QED) is 0.586. The number of ether oxygens (including phenoxy) is 1. The highest BCUT2D eigenvalue weighted by Crippen LogP contribution is 2.38. The predicted octanol–water partition coefficient (Wildman–Crippen LogP) is 3.35. The van der Waals surface area contributed by atoms with Crippen molar-refractivity contribution in [3.63, 3.8) is 0 Å². The zero-order valence-corrected chi connectivity index (χ0v) is 17.0. The molecule has 30 heavy (non-hydrogen) atoms. The Labute approximate surface area is 179 Å². The minimum atomic E-state index is -1.08. The first-order valence-corrected chi connectivity index (χ1v) is 9.81. The second kappa shape index (κ2) is 8.00. The van der Waals surface area contributed by atoms with Crippen LogP contribution in [0.1, 0.15) is 6.92 Å². The van der Waals surface area contributed by atoms with Crippen LogP contribution in [0.2, 0.25) is 0 Å². The van der Waals surface area contributed by atoms with Gasteiger partial charge < -0.3 is 19.6 Å². The number of benzene rings is 2. The van der Waals surface area contributed by atoms with Crippen LogP contribution < -0.4 is 14.5 Å². The first-order chi connectivity index (χ1) is 14.5. The summed E-state index contributed by atoms with van der Waals surface area (Å²) >= 11 is 5.43. The molecule has 0 saturated carbocycles. The number of thiocarbonyl (C=S) groups is 1. The van der Waals surface area contributed by atoms with Crippen molar-refractivity contribution in [2.24, 2.45) is 0 Å². The van der Waals surface area contributed by atoms with Gasteiger partial charge in [0.05, 0.1) is 11.4 Å². The van der Waals surface area contributed by atoms with Crippen LogP contribution in [-0.4, -0.2) is 40.1 Å². The third kappa shape index (κ3) is 3.42. The highest BCUT2D eigenvalue weighted by atomic mass is 32.1. The van der Waals surface area contributed by atoms with E-state index in [0.717, 1.165) is 11.4 Å². The third-order valence-electron chi connectivity index (χ3n) is 4.78. The molecular weight excluding hydrogens is 402 g/mol. The second-order valence-corrected chi connectivity index (χ2v) is 6.97. The minimum absolute atomic E-state index is 0.126. The van der Waals surface area contributed by atoms with Crippen LogP contribution in [0.5, 0.6) is 5.75 Å².